The molecule has 30 heavy (non-hydrogen) atoms. The minimum absolute atomic E-state index is 0.104. The van der Waals surface area contributed by atoms with Gasteiger partial charge >= 0.3 is 0 Å². The standard InChI is InChI=1S/C21H21N3O4S2/c1-5-8-24-20(26)17-11(2)12(3)29-19(17)23-21(24)30-13(4)18(25)22-14-6-7-15-16(9-14)28-10-27-15/h5-7,9,13H,1,8,10H2,2-4H3,(H,22,25). The van der Waals surface area contributed by atoms with E-state index in [-0.39, 0.29) is 18.3 Å². The first-order valence-electron chi connectivity index (χ1n) is 9.37. The number of amides is 1. The van der Waals surface area contributed by atoms with Gasteiger partial charge in [-0.1, -0.05) is 17.8 Å². The molecular formula is C21H21N3O4S2. The van der Waals surface area contributed by atoms with Crippen LogP contribution in [0.5, 0.6) is 11.5 Å². The number of carbonyl (C=O) groups is 1. The molecule has 3 aromatic rings. The highest BCUT2D eigenvalue weighted by Gasteiger charge is 2.22. The van der Waals surface area contributed by atoms with Gasteiger partial charge in [-0.25, -0.2) is 4.98 Å². The Morgan fingerprint density at radius 1 is 1.40 bits per heavy atom. The van der Waals surface area contributed by atoms with Gasteiger partial charge in [0.05, 0.1) is 10.6 Å². The molecule has 0 fully saturated rings. The molecule has 1 N–H and O–H groups in total. The molecule has 0 aliphatic carbocycles. The van der Waals surface area contributed by atoms with E-state index in [4.69, 9.17) is 14.5 Å². The third-order valence-corrected chi connectivity index (χ3v) is 7.05. The average molecular weight is 444 g/mol. The summed E-state index contributed by atoms with van der Waals surface area (Å²) >= 11 is 2.74. The number of thiophene rings is 1. The molecule has 0 bridgehead atoms. The lowest BCUT2D eigenvalue weighted by Crippen LogP contribution is -2.26. The fraction of sp³-hybridized carbons (Fsp3) is 0.286. The number of benzene rings is 1. The first-order valence-corrected chi connectivity index (χ1v) is 11.1. The van der Waals surface area contributed by atoms with E-state index in [1.165, 1.54) is 23.1 Å². The lowest BCUT2D eigenvalue weighted by Gasteiger charge is -2.15. The van der Waals surface area contributed by atoms with Gasteiger partial charge in [0.25, 0.3) is 5.56 Å². The van der Waals surface area contributed by atoms with Crippen LogP contribution in [0.25, 0.3) is 10.2 Å². The number of aryl methyl sites for hydroxylation is 2. The molecule has 3 heterocycles. The first-order chi connectivity index (χ1) is 14.4. The minimum Gasteiger partial charge on any atom is -0.454 e. The number of nitrogens with zero attached hydrogens (tertiary/aromatic N) is 2. The van der Waals surface area contributed by atoms with Crippen molar-refractivity contribution < 1.29 is 14.3 Å². The molecule has 0 radical (unpaired) electrons. The molecule has 4 rings (SSSR count). The Hall–Kier alpha value is -2.78. The molecule has 1 aromatic carbocycles. The normalized spacial score (nSPS) is 13.4. The van der Waals surface area contributed by atoms with E-state index in [9.17, 15) is 9.59 Å². The first kappa shape index (κ1) is 20.5. The molecular weight excluding hydrogens is 422 g/mol. The maximum absolute atomic E-state index is 13.1. The lowest BCUT2D eigenvalue weighted by molar-refractivity contribution is -0.115. The van der Waals surface area contributed by atoms with E-state index in [0.717, 1.165) is 10.4 Å². The van der Waals surface area contributed by atoms with Crippen LogP contribution in [0, 0.1) is 13.8 Å². The Balaban J connectivity index is 1.59. The van der Waals surface area contributed by atoms with Crippen LogP contribution in [0.3, 0.4) is 0 Å². The van der Waals surface area contributed by atoms with Gasteiger partial charge in [-0.3, -0.25) is 14.2 Å². The van der Waals surface area contributed by atoms with Crippen LogP contribution >= 0.6 is 23.1 Å². The number of thioether (sulfide) groups is 1. The Morgan fingerprint density at radius 3 is 2.93 bits per heavy atom. The summed E-state index contributed by atoms with van der Waals surface area (Å²) in [6, 6.07) is 5.25. The molecule has 156 valence electrons. The van der Waals surface area contributed by atoms with Crippen LogP contribution < -0.4 is 20.3 Å². The Kier molecular flexibility index (Phi) is 5.57. The number of nitrogens with one attached hydrogen (secondary N) is 1. The molecule has 1 amide bonds. The largest absolute Gasteiger partial charge is 0.454 e. The number of rotatable bonds is 6. The summed E-state index contributed by atoms with van der Waals surface area (Å²) in [7, 11) is 0. The molecule has 0 saturated carbocycles. The highest BCUT2D eigenvalue weighted by atomic mass is 32.2. The van der Waals surface area contributed by atoms with Gasteiger partial charge in [-0.2, -0.15) is 0 Å². The number of anilines is 1. The number of hydrogen-bond donors (Lipinski definition) is 1. The fourth-order valence-corrected chi connectivity index (χ4v) is 5.11. The van der Waals surface area contributed by atoms with E-state index in [1.807, 2.05) is 13.8 Å². The van der Waals surface area contributed by atoms with Gasteiger partial charge < -0.3 is 14.8 Å². The maximum Gasteiger partial charge on any atom is 0.263 e. The van der Waals surface area contributed by atoms with Crippen molar-refractivity contribution in [1.29, 1.82) is 0 Å². The molecule has 1 aliphatic rings. The van der Waals surface area contributed by atoms with Crippen molar-refractivity contribution >= 4 is 44.9 Å². The summed E-state index contributed by atoms with van der Waals surface area (Å²) in [5.74, 6) is 1.06. The van der Waals surface area contributed by atoms with E-state index in [1.54, 1.807) is 35.8 Å². The van der Waals surface area contributed by atoms with Crippen LogP contribution in [-0.4, -0.2) is 27.5 Å². The van der Waals surface area contributed by atoms with Crippen LogP contribution in [0.2, 0.25) is 0 Å². The predicted octanol–water partition coefficient (Wildman–Crippen LogP) is 4.11. The lowest BCUT2D eigenvalue weighted by atomic mass is 10.2. The number of hydrogen-bond acceptors (Lipinski definition) is 7. The monoisotopic (exact) mass is 443 g/mol. The van der Waals surface area contributed by atoms with Crippen LogP contribution in [-0.2, 0) is 11.3 Å². The summed E-state index contributed by atoms with van der Waals surface area (Å²) in [6.07, 6.45) is 1.66. The second-order valence-electron chi connectivity index (χ2n) is 6.88. The summed E-state index contributed by atoms with van der Waals surface area (Å²) < 4.78 is 12.2. The third-order valence-electron chi connectivity index (χ3n) is 4.86. The van der Waals surface area contributed by atoms with Crippen molar-refractivity contribution in [2.24, 2.45) is 0 Å². The van der Waals surface area contributed by atoms with Gasteiger partial charge in [0.15, 0.2) is 16.7 Å². The SMILES string of the molecule is C=CCn1c(SC(C)C(=O)Nc2ccc3c(c2)OCO3)nc2sc(C)c(C)c2c1=O. The van der Waals surface area contributed by atoms with E-state index >= 15 is 0 Å². The van der Waals surface area contributed by atoms with Gasteiger partial charge in [-0.15, -0.1) is 17.9 Å². The van der Waals surface area contributed by atoms with Crippen LogP contribution in [0.15, 0.2) is 40.8 Å². The molecule has 0 saturated heterocycles. The zero-order valence-corrected chi connectivity index (χ0v) is 18.5. The second-order valence-corrected chi connectivity index (χ2v) is 9.39. The summed E-state index contributed by atoms with van der Waals surface area (Å²) in [6.45, 7) is 9.95. The summed E-state index contributed by atoms with van der Waals surface area (Å²) in [4.78, 5) is 32.3. The Labute approximate surface area is 181 Å². The highest BCUT2D eigenvalue weighted by Crippen LogP contribution is 2.35. The molecule has 1 aliphatic heterocycles. The van der Waals surface area contributed by atoms with Crippen LogP contribution in [0.4, 0.5) is 5.69 Å². The number of carbonyl (C=O) groups excluding carboxylic acids is 1. The van der Waals surface area contributed by atoms with Crippen molar-refractivity contribution in [3.05, 3.63) is 51.6 Å². The number of fused-ring (bicyclic) bond motifs is 2. The average Bonchev–Trinajstić information content (AvgIpc) is 3.28. The van der Waals surface area contributed by atoms with Gasteiger partial charge in [0.2, 0.25) is 12.7 Å². The number of aromatic nitrogens is 2. The second kappa shape index (κ2) is 8.16. The zero-order valence-electron chi connectivity index (χ0n) is 16.9. The van der Waals surface area contributed by atoms with Crippen molar-refractivity contribution in [2.75, 3.05) is 12.1 Å². The number of allylic oxidation sites excluding steroid dienone is 1. The molecule has 7 nitrogen and oxygen atoms in total. The van der Waals surface area contributed by atoms with Crippen molar-refractivity contribution in [2.45, 2.75) is 37.7 Å². The molecule has 0 spiro atoms. The van der Waals surface area contributed by atoms with Crippen molar-refractivity contribution in [3.8, 4) is 11.5 Å². The van der Waals surface area contributed by atoms with Crippen LogP contribution in [0.1, 0.15) is 17.4 Å². The number of ether oxygens (including phenoxy) is 2. The van der Waals surface area contributed by atoms with Gasteiger partial charge in [0, 0.05) is 23.2 Å². The predicted molar refractivity (Wildman–Crippen MR) is 120 cm³/mol. The fourth-order valence-electron chi connectivity index (χ4n) is 3.12. The molecule has 1 unspecified atom stereocenters. The molecule has 2 aromatic heterocycles. The smallest absolute Gasteiger partial charge is 0.263 e. The summed E-state index contributed by atoms with van der Waals surface area (Å²) in [5.41, 5.74) is 1.47. The van der Waals surface area contributed by atoms with Crippen molar-refractivity contribution in [1.82, 2.24) is 9.55 Å². The zero-order chi connectivity index (χ0) is 21.4. The molecule has 9 heteroatoms. The van der Waals surface area contributed by atoms with E-state index in [2.05, 4.69) is 11.9 Å². The van der Waals surface area contributed by atoms with E-state index in [0.29, 0.717) is 39.1 Å². The minimum atomic E-state index is -0.474. The van der Waals surface area contributed by atoms with Gasteiger partial charge in [0.1, 0.15) is 4.83 Å². The maximum atomic E-state index is 13.1. The Bertz CT molecular complexity index is 1220. The van der Waals surface area contributed by atoms with E-state index < -0.39 is 5.25 Å². The summed E-state index contributed by atoms with van der Waals surface area (Å²) in [5, 5.41) is 3.55. The highest BCUT2D eigenvalue weighted by molar-refractivity contribution is 8.00. The Morgan fingerprint density at radius 2 is 2.17 bits per heavy atom. The van der Waals surface area contributed by atoms with Gasteiger partial charge in [-0.05, 0) is 38.5 Å². The third kappa shape index (κ3) is 3.70. The van der Waals surface area contributed by atoms with Crippen molar-refractivity contribution in [3.63, 3.8) is 0 Å². The quantitative estimate of drug-likeness (QED) is 0.351. The topological polar surface area (TPSA) is 82.5 Å². The molecule has 1 atom stereocenters.